The summed E-state index contributed by atoms with van der Waals surface area (Å²) in [7, 11) is 0. The fourth-order valence-corrected chi connectivity index (χ4v) is 3.44. The molecule has 2 aliphatic rings. The number of nitrogens with two attached hydrogens (primary N) is 1. The molecule has 6 nitrogen and oxygen atoms in total. The number of aliphatic imine (C=N–C) groups is 1. The van der Waals surface area contributed by atoms with Gasteiger partial charge in [0.2, 0.25) is 0 Å². The third kappa shape index (κ3) is 5.90. The molecular weight excluding hydrogens is 443 g/mol. The number of likely N-dealkylation sites (tertiary alicyclic amines) is 1. The highest BCUT2D eigenvalue weighted by Crippen LogP contribution is 2.32. The zero-order chi connectivity index (χ0) is 17.6. The predicted octanol–water partition coefficient (Wildman–Crippen LogP) is 3.31. The van der Waals surface area contributed by atoms with Crippen LogP contribution in [0.15, 0.2) is 23.2 Å². The molecule has 0 unspecified atom stereocenters. The van der Waals surface area contributed by atoms with Crippen LogP contribution in [0, 0.1) is 5.92 Å². The van der Waals surface area contributed by atoms with E-state index in [1.807, 2.05) is 18.2 Å². The van der Waals surface area contributed by atoms with Gasteiger partial charge >= 0.3 is 0 Å². The van der Waals surface area contributed by atoms with Crippen molar-refractivity contribution in [3.05, 3.63) is 18.2 Å². The van der Waals surface area contributed by atoms with Crippen molar-refractivity contribution >= 4 is 35.6 Å². The Bertz CT molecular complexity index is 609. The number of guanidine groups is 1. The molecule has 0 saturated carbocycles. The van der Waals surface area contributed by atoms with E-state index in [1.54, 1.807) is 0 Å². The molecule has 26 heavy (non-hydrogen) atoms. The van der Waals surface area contributed by atoms with Gasteiger partial charge in [-0.2, -0.15) is 0 Å². The van der Waals surface area contributed by atoms with E-state index in [0.29, 0.717) is 31.1 Å². The van der Waals surface area contributed by atoms with Crippen molar-refractivity contribution in [3.8, 4) is 11.5 Å². The summed E-state index contributed by atoms with van der Waals surface area (Å²) in [6, 6.07) is 6.28. The Morgan fingerprint density at radius 3 is 2.81 bits per heavy atom. The third-order valence-electron chi connectivity index (χ3n) is 4.59. The van der Waals surface area contributed by atoms with Crippen molar-refractivity contribution < 1.29 is 9.47 Å². The van der Waals surface area contributed by atoms with Crippen molar-refractivity contribution in [1.29, 1.82) is 0 Å². The van der Waals surface area contributed by atoms with Gasteiger partial charge in [0, 0.05) is 30.8 Å². The molecule has 3 rings (SSSR count). The standard InChI is InChI=1S/C19H30N4O2.HI/c1-14(2)13-23-8-3-5-16(23)12-21-19(20)22-15-6-7-17-18(11-15)25-10-4-9-24-17;/h6-7,11,14,16H,3-5,8-10,12-13H2,1-2H3,(H3,20,21,22);1H/t16-;/m1./s1. The van der Waals surface area contributed by atoms with Crippen LogP contribution >= 0.6 is 24.0 Å². The van der Waals surface area contributed by atoms with E-state index < -0.39 is 0 Å². The molecule has 2 heterocycles. The summed E-state index contributed by atoms with van der Waals surface area (Å²) in [6.07, 6.45) is 3.35. The Morgan fingerprint density at radius 2 is 2.04 bits per heavy atom. The zero-order valence-corrected chi connectivity index (χ0v) is 18.1. The fourth-order valence-electron chi connectivity index (χ4n) is 3.44. The molecule has 7 heteroatoms. The molecule has 0 amide bonds. The average molecular weight is 474 g/mol. The summed E-state index contributed by atoms with van der Waals surface area (Å²) in [5.41, 5.74) is 6.96. The van der Waals surface area contributed by atoms with E-state index in [9.17, 15) is 0 Å². The highest BCUT2D eigenvalue weighted by Gasteiger charge is 2.24. The van der Waals surface area contributed by atoms with Crippen LogP contribution in [0.3, 0.4) is 0 Å². The van der Waals surface area contributed by atoms with Crippen molar-refractivity contribution in [2.24, 2.45) is 16.6 Å². The topological polar surface area (TPSA) is 72.1 Å². The molecule has 146 valence electrons. The van der Waals surface area contributed by atoms with Gasteiger partial charge in [-0.3, -0.25) is 9.89 Å². The Morgan fingerprint density at radius 1 is 1.27 bits per heavy atom. The van der Waals surface area contributed by atoms with Crippen LogP contribution in [0.5, 0.6) is 11.5 Å². The number of ether oxygens (including phenoxy) is 2. The molecule has 3 N–H and O–H groups in total. The Labute approximate surface area is 173 Å². The number of nitrogens with one attached hydrogen (secondary N) is 1. The van der Waals surface area contributed by atoms with Gasteiger partial charge in [0.1, 0.15) is 0 Å². The number of hydrogen-bond acceptors (Lipinski definition) is 4. The molecule has 0 aliphatic carbocycles. The van der Waals surface area contributed by atoms with Crippen LogP contribution in [0.2, 0.25) is 0 Å². The first-order chi connectivity index (χ1) is 12.1. The Balaban J connectivity index is 0.00000243. The molecule has 2 aliphatic heterocycles. The van der Waals surface area contributed by atoms with Crippen molar-refractivity contribution in [2.45, 2.75) is 39.2 Å². The van der Waals surface area contributed by atoms with Crippen LogP contribution in [0.25, 0.3) is 0 Å². The lowest BCUT2D eigenvalue weighted by Gasteiger charge is -2.25. The summed E-state index contributed by atoms with van der Waals surface area (Å²) in [5.74, 6) is 2.68. The third-order valence-corrected chi connectivity index (χ3v) is 4.59. The number of rotatable bonds is 5. The first-order valence-electron chi connectivity index (χ1n) is 9.32. The maximum atomic E-state index is 6.09. The summed E-state index contributed by atoms with van der Waals surface area (Å²) in [6.45, 7) is 8.95. The average Bonchev–Trinajstić information content (AvgIpc) is 2.87. The van der Waals surface area contributed by atoms with Crippen LogP contribution < -0.4 is 20.5 Å². The normalized spacial score (nSPS) is 20.6. The van der Waals surface area contributed by atoms with E-state index in [1.165, 1.54) is 19.4 Å². The van der Waals surface area contributed by atoms with E-state index in [0.717, 1.165) is 36.7 Å². The second-order valence-corrected chi connectivity index (χ2v) is 7.25. The van der Waals surface area contributed by atoms with E-state index in [2.05, 4.69) is 29.1 Å². The van der Waals surface area contributed by atoms with E-state index in [-0.39, 0.29) is 24.0 Å². The first kappa shape index (κ1) is 21.1. The van der Waals surface area contributed by atoms with Gasteiger partial charge in [0.15, 0.2) is 17.5 Å². The fraction of sp³-hybridized carbons (Fsp3) is 0.632. The highest BCUT2D eigenvalue weighted by molar-refractivity contribution is 14.0. The second kappa shape index (κ2) is 10.2. The van der Waals surface area contributed by atoms with Crippen LogP contribution in [0.1, 0.15) is 33.1 Å². The summed E-state index contributed by atoms with van der Waals surface area (Å²) in [5, 5.41) is 3.17. The molecular formula is C19H31IN4O2. The molecule has 1 atom stereocenters. The minimum Gasteiger partial charge on any atom is -0.490 e. The maximum absolute atomic E-state index is 6.09. The smallest absolute Gasteiger partial charge is 0.193 e. The Kier molecular flexibility index (Phi) is 8.27. The van der Waals surface area contributed by atoms with Crippen LogP contribution in [-0.4, -0.2) is 49.7 Å². The molecule has 1 aromatic carbocycles. The Hall–Kier alpha value is -1.22. The van der Waals surface area contributed by atoms with Gasteiger partial charge in [-0.25, -0.2) is 0 Å². The number of nitrogens with zero attached hydrogens (tertiary/aromatic N) is 2. The lowest BCUT2D eigenvalue weighted by atomic mass is 10.2. The van der Waals surface area contributed by atoms with Crippen LogP contribution in [-0.2, 0) is 0 Å². The van der Waals surface area contributed by atoms with Gasteiger partial charge in [-0.1, -0.05) is 13.8 Å². The van der Waals surface area contributed by atoms with Gasteiger partial charge in [0.05, 0.1) is 19.8 Å². The minimum absolute atomic E-state index is 0. The molecule has 0 spiro atoms. The predicted molar refractivity (Wildman–Crippen MR) is 117 cm³/mol. The second-order valence-electron chi connectivity index (χ2n) is 7.25. The number of anilines is 1. The summed E-state index contributed by atoms with van der Waals surface area (Å²) >= 11 is 0. The molecule has 0 aromatic heterocycles. The van der Waals surface area contributed by atoms with Gasteiger partial charge < -0.3 is 20.5 Å². The molecule has 0 bridgehead atoms. The van der Waals surface area contributed by atoms with Crippen LogP contribution in [0.4, 0.5) is 5.69 Å². The highest BCUT2D eigenvalue weighted by atomic mass is 127. The van der Waals surface area contributed by atoms with Crippen molar-refractivity contribution in [3.63, 3.8) is 0 Å². The van der Waals surface area contributed by atoms with Crippen molar-refractivity contribution in [1.82, 2.24) is 4.90 Å². The van der Waals surface area contributed by atoms with Gasteiger partial charge in [-0.15, -0.1) is 24.0 Å². The van der Waals surface area contributed by atoms with E-state index >= 15 is 0 Å². The first-order valence-corrected chi connectivity index (χ1v) is 9.32. The summed E-state index contributed by atoms with van der Waals surface area (Å²) in [4.78, 5) is 7.10. The molecule has 1 saturated heterocycles. The minimum atomic E-state index is 0. The largest absolute Gasteiger partial charge is 0.490 e. The van der Waals surface area contributed by atoms with Gasteiger partial charge in [-0.05, 0) is 37.4 Å². The number of hydrogen-bond donors (Lipinski definition) is 2. The number of fused-ring (bicyclic) bond motifs is 1. The number of halogens is 1. The SMILES string of the molecule is CC(C)CN1CCC[C@@H]1CN=C(N)Nc1ccc2c(c1)OCCCO2.I. The lowest BCUT2D eigenvalue weighted by Crippen LogP contribution is -2.35. The quantitative estimate of drug-likeness (QED) is 0.389. The zero-order valence-electron chi connectivity index (χ0n) is 15.7. The molecule has 1 fully saturated rings. The van der Waals surface area contributed by atoms with Crippen molar-refractivity contribution in [2.75, 3.05) is 38.2 Å². The maximum Gasteiger partial charge on any atom is 0.193 e. The van der Waals surface area contributed by atoms with Gasteiger partial charge in [0.25, 0.3) is 0 Å². The summed E-state index contributed by atoms with van der Waals surface area (Å²) < 4.78 is 11.4. The monoisotopic (exact) mass is 474 g/mol. The van der Waals surface area contributed by atoms with E-state index in [4.69, 9.17) is 15.2 Å². The lowest BCUT2D eigenvalue weighted by molar-refractivity contribution is 0.231. The molecule has 0 radical (unpaired) electrons. The molecule has 1 aromatic rings. The number of benzene rings is 1.